The summed E-state index contributed by atoms with van der Waals surface area (Å²) < 4.78 is 28.6. The molecular weight excluding hydrogens is 632 g/mol. The van der Waals surface area contributed by atoms with Gasteiger partial charge in [-0.1, -0.05) is 75.1 Å². The van der Waals surface area contributed by atoms with Crippen LogP contribution in [0.5, 0.6) is 0 Å². The number of hydrogen-bond acceptors (Lipinski definition) is 8. The van der Waals surface area contributed by atoms with Crippen molar-refractivity contribution in [2.45, 2.75) is 88.2 Å². The van der Waals surface area contributed by atoms with Gasteiger partial charge in [0.1, 0.15) is 0 Å². The van der Waals surface area contributed by atoms with E-state index in [-0.39, 0.29) is 37.2 Å². The zero-order valence-corrected chi connectivity index (χ0v) is 28.0. The molecule has 1 aliphatic carbocycles. The first kappa shape index (κ1) is 34.9. The second kappa shape index (κ2) is 15.2. The third-order valence-corrected chi connectivity index (χ3v) is 11.1. The number of carbonyl (C=O) groups excluding carboxylic acids is 3. The number of rotatable bonds is 13. The first-order valence-corrected chi connectivity index (χ1v) is 18.0. The van der Waals surface area contributed by atoms with E-state index in [1.807, 2.05) is 0 Å². The van der Waals surface area contributed by atoms with Crippen molar-refractivity contribution in [3.8, 4) is 11.1 Å². The smallest absolute Gasteiger partial charge is 0.344 e. The molecule has 5 rings (SSSR count). The molecule has 1 saturated heterocycles. The van der Waals surface area contributed by atoms with Gasteiger partial charge in [-0.25, -0.2) is 13.2 Å². The monoisotopic (exact) mass is 674 g/mol. The Hall–Kier alpha value is -4.42. The van der Waals surface area contributed by atoms with Crippen LogP contribution in [0.1, 0.15) is 87.1 Å². The van der Waals surface area contributed by atoms with Crippen LogP contribution in [-0.2, 0) is 31.0 Å². The molecule has 2 fully saturated rings. The number of benzene rings is 2. The minimum Gasteiger partial charge on any atom is -0.478 e. The number of pyridine rings is 1. The summed E-state index contributed by atoms with van der Waals surface area (Å²) in [6.45, 7) is 2.16. The first-order chi connectivity index (χ1) is 23.1. The van der Waals surface area contributed by atoms with Gasteiger partial charge in [0.25, 0.3) is 15.9 Å². The van der Waals surface area contributed by atoms with E-state index < -0.39 is 39.4 Å². The summed E-state index contributed by atoms with van der Waals surface area (Å²) in [6.07, 6.45) is 8.79. The zero-order chi connectivity index (χ0) is 34.3. The molecule has 1 aliphatic heterocycles. The van der Waals surface area contributed by atoms with Crippen molar-refractivity contribution in [1.29, 1.82) is 0 Å². The topological polar surface area (TPSA) is 154 Å². The number of nitrogens with one attached hydrogen (secondary N) is 1. The van der Waals surface area contributed by atoms with Gasteiger partial charge in [0.2, 0.25) is 11.8 Å². The van der Waals surface area contributed by atoms with E-state index in [1.165, 1.54) is 17.2 Å². The maximum atomic E-state index is 14.1. The van der Waals surface area contributed by atoms with Gasteiger partial charge < -0.3 is 10.0 Å². The van der Waals surface area contributed by atoms with Crippen LogP contribution < -0.4 is 5.32 Å². The molecule has 3 aromatic rings. The third-order valence-electron chi connectivity index (χ3n) is 9.30. The largest absolute Gasteiger partial charge is 0.478 e. The van der Waals surface area contributed by atoms with Gasteiger partial charge in [-0.2, -0.15) is 4.31 Å². The molecular formula is C36H42N4O7S. The fourth-order valence-corrected chi connectivity index (χ4v) is 8.38. The number of carboxylic acids is 1. The van der Waals surface area contributed by atoms with Crippen molar-refractivity contribution in [1.82, 2.24) is 19.5 Å². The number of aromatic nitrogens is 1. The quantitative estimate of drug-likeness (QED) is 0.244. The van der Waals surface area contributed by atoms with Crippen molar-refractivity contribution in [2.75, 3.05) is 6.54 Å². The molecule has 254 valence electrons. The summed E-state index contributed by atoms with van der Waals surface area (Å²) >= 11 is 0. The lowest BCUT2D eigenvalue weighted by Gasteiger charge is -2.35. The van der Waals surface area contributed by atoms with Gasteiger partial charge in [-0.3, -0.25) is 24.7 Å². The lowest BCUT2D eigenvalue weighted by Crippen LogP contribution is -2.62. The van der Waals surface area contributed by atoms with Crippen LogP contribution in [0, 0.1) is 5.92 Å². The molecule has 1 atom stereocenters. The Bertz CT molecular complexity index is 1740. The Labute approximate surface area is 281 Å². The Kier molecular flexibility index (Phi) is 11.1. The first-order valence-electron chi connectivity index (χ1n) is 16.6. The molecule has 48 heavy (non-hydrogen) atoms. The predicted molar refractivity (Wildman–Crippen MR) is 179 cm³/mol. The maximum Gasteiger partial charge on any atom is 0.344 e. The van der Waals surface area contributed by atoms with Gasteiger partial charge >= 0.3 is 5.97 Å². The highest BCUT2D eigenvalue weighted by Crippen LogP contribution is 2.33. The second-order valence-corrected chi connectivity index (χ2v) is 14.3. The van der Waals surface area contributed by atoms with E-state index >= 15 is 0 Å². The predicted octanol–water partition coefficient (Wildman–Crippen LogP) is 5.37. The fraction of sp³-hybridized carbons (Fsp3) is 0.417. The van der Waals surface area contributed by atoms with E-state index in [9.17, 15) is 32.7 Å². The number of carboxylic acid groups (broad SMARTS) is 1. The number of likely N-dealkylation sites (tertiary alicyclic amines) is 1. The number of imide groups is 1. The summed E-state index contributed by atoms with van der Waals surface area (Å²) in [6, 6.07) is 16.4. The number of carbonyl (C=O) groups is 4. The van der Waals surface area contributed by atoms with Crippen molar-refractivity contribution in [3.05, 3.63) is 84.2 Å². The Balaban J connectivity index is 1.36. The van der Waals surface area contributed by atoms with Crippen LogP contribution in [-0.4, -0.2) is 63.6 Å². The summed E-state index contributed by atoms with van der Waals surface area (Å²) in [4.78, 5) is 57.5. The zero-order valence-electron chi connectivity index (χ0n) is 27.1. The number of sulfonamides is 1. The summed E-state index contributed by atoms with van der Waals surface area (Å²) in [5.41, 5.74) is 0.283. The molecule has 0 radical (unpaired) electrons. The fourth-order valence-electron chi connectivity index (χ4n) is 6.75. The summed E-state index contributed by atoms with van der Waals surface area (Å²) in [5.74, 6) is -2.66. The molecule has 2 aromatic carbocycles. The highest BCUT2D eigenvalue weighted by Gasteiger charge is 2.50. The third kappa shape index (κ3) is 7.34. The Morgan fingerprint density at radius 3 is 2.33 bits per heavy atom. The second-order valence-electron chi connectivity index (χ2n) is 12.5. The van der Waals surface area contributed by atoms with Gasteiger partial charge in [0.05, 0.1) is 10.5 Å². The maximum absolute atomic E-state index is 14.1. The van der Waals surface area contributed by atoms with E-state index in [4.69, 9.17) is 0 Å². The normalized spacial score (nSPS) is 18.1. The van der Waals surface area contributed by atoms with Crippen LogP contribution in [0.3, 0.4) is 0 Å². The number of aliphatic carboxylic acids is 1. The molecule has 1 unspecified atom stereocenters. The van der Waals surface area contributed by atoms with Crippen molar-refractivity contribution in [2.24, 2.45) is 5.92 Å². The number of hydrogen-bond donors (Lipinski definition) is 2. The highest BCUT2D eigenvalue weighted by molar-refractivity contribution is 7.90. The van der Waals surface area contributed by atoms with Gasteiger partial charge in [-0.05, 0) is 60.9 Å². The Morgan fingerprint density at radius 2 is 1.67 bits per heavy atom. The van der Waals surface area contributed by atoms with E-state index in [2.05, 4.69) is 10.3 Å². The molecule has 11 nitrogen and oxygen atoms in total. The molecule has 2 N–H and O–H groups in total. The van der Waals surface area contributed by atoms with Crippen LogP contribution in [0.15, 0.2) is 78.0 Å². The lowest BCUT2D eigenvalue weighted by molar-refractivity contribution is -0.150. The highest BCUT2D eigenvalue weighted by atomic mass is 32.2. The molecule has 0 spiro atoms. The molecule has 3 amide bonds. The summed E-state index contributed by atoms with van der Waals surface area (Å²) in [5, 5.41) is 13.4. The van der Waals surface area contributed by atoms with Crippen LogP contribution in [0.2, 0.25) is 0 Å². The van der Waals surface area contributed by atoms with E-state index in [1.54, 1.807) is 67.7 Å². The molecule has 2 aliphatic rings. The van der Waals surface area contributed by atoms with Crippen LogP contribution in [0.4, 0.5) is 0 Å². The Morgan fingerprint density at radius 1 is 0.958 bits per heavy atom. The van der Waals surface area contributed by atoms with Gasteiger partial charge in [0, 0.05) is 43.9 Å². The molecule has 0 bridgehead atoms. The van der Waals surface area contributed by atoms with Gasteiger partial charge in [0.15, 0.2) is 5.66 Å². The van der Waals surface area contributed by atoms with Gasteiger partial charge in [-0.15, -0.1) is 0 Å². The molecule has 1 saturated carbocycles. The van der Waals surface area contributed by atoms with Crippen LogP contribution in [0.25, 0.3) is 11.1 Å². The van der Waals surface area contributed by atoms with Crippen LogP contribution >= 0.6 is 0 Å². The average Bonchev–Trinajstić information content (AvgIpc) is 3.78. The van der Waals surface area contributed by atoms with Crippen molar-refractivity contribution in [3.63, 3.8) is 0 Å². The van der Waals surface area contributed by atoms with E-state index in [0.717, 1.165) is 25.7 Å². The minimum atomic E-state index is -4.52. The molecule has 2 heterocycles. The van der Waals surface area contributed by atoms with E-state index in [0.29, 0.717) is 51.7 Å². The van der Waals surface area contributed by atoms with Crippen molar-refractivity contribution >= 4 is 33.7 Å². The number of amides is 3. The number of nitrogens with zero attached hydrogens (tertiary/aromatic N) is 3. The standard InChI is InChI=1S/C36H42N4O7S/c1-2-9-32(41)40(33(42)20-17-26-10-3-4-11-26)48(46,47)31-14-6-5-13-30(31)28-18-15-27(16-19-28)24-38-36(35(44)45)21-8-23-39(36)34(43)29-12-7-22-37-25-29/h5-7,12-16,18-19,22,25-26,38H,2-4,8-11,17,20-21,23-24H2,1H3,(H,44,45). The lowest BCUT2D eigenvalue weighted by atomic mass is 10.0. The van der Waals surface area contributed by atoms with Crippen molar-refractivity contribution < 1.29 is 32.7 Å². The SMILES string of the molecule is CCCC(=O)N(C(=O)CCC1CCCC1)S(=O)(=O)c1ccccc1-c1ccc(CNC2(C(=O)O)CCCN2C(=O)c2cccnc2)cc1. The summed E-state index contributed by atoms with van der Waals surface area (Å²) in [7, 11) is -4.52. The molecule has 12 heteroatoms. The average molecular weight is 675 g/mol. The minimum absolute atomic E-state index is 0.00763. The molecule has 1 aromatic heterocycles.